The molecule has 1 N–H and O–H groups in total. The van der Waals surface area contributed by atoms with Gasteiger partial charge in [0.15, 0.2) is 0 Å². The van der Waals surface area contributed by atoms with Crippen LogP contribution >= 0.6 is 15.9 Å². The number of rotatable bonds is 4. The number of benzene rings is 1. The molecule has 15 heavy (non-hydrogen) atoms. The van der Waals surface area contributed by atoms with Crippen LogP contribution in [0.3, 0.4) is 0 Å². The third-order valence-corrected chi connectivity index (χ3v) is 3.16. The first kappa shape index (κ1) is 10.9. The van der Waals surface area contributed by atoms with Crippen molar-refractivity contribution >= 4 is 15.9 Å². The molecule has 82 valence electrons. The Balaban J connectivity index is 1.81. The van der Waals surface area contributed by atoms with Crippen molar-refractivity contribution in [1.29, 1.82) is 0 Å². The zero-order chi connectivity index (χ0) is 10.7. The van der Waals surface area contributed by atoms with Gasteiger partial charge in [0.2, 0.25) is 0 Å². The molecule has 2 nitrogen and oxygen atoms in total. The van der Waals surface area contributed by atoms with Crippen LogP contribution < -0.4 is 10.1 Å². The van der Waals surface area contributed by atoms with Crippen LogP contribution in [0.25, 0.3) is 0 Å². The molecule has 0 spiro atoms. The Morgan fingerprint density at radius 1 is 1.47 bits per heavy atom. The summed E-state index contributed by atoms with van der Waals surface area (Å²) in [5.74, 6) is 1.20. The van der Waals surface area contributed by atoms with Crippen molar-refractivity contribution < 1.29 is 9.13 Å². The van der Waals surface area contributed by atoms with Gasteiger partial charge in [0.25, 0.3) is 0 Å². The molecular formula is C11H13BrFNO. The molecule has 0 radical (unpaired) electrons. The van der Waals surface area contributed by atoms with Crippen molar-refractivity contribution in [1.82, 2.24) is 5.32 Å². The van der Waals surface area contributed by atoms with Gasteiger partial charge in [-0.15, -0.1) is 0 Å². The standard InChI is InChI=1S/C11H13BrFNO/c12-10-5-9(13)1-2-11(10)15-4-3-8-6-14-7-8/h1-2,5,8,14H,3-4,6-7H2. The van der Waals surface area contributed by atoms with E-state index in [0.717, 1.165) is 25.4 Å². The van der Waals surface area contributed by atoms with Gasteiger partial charge in [0.05, 0.1) is 11.1 Å². The lowest BCUT2D eigenvalue weighted by Crippen LogP contribution is -2.42. The van der Waals surface area contributed by atoms with Crippen molar-refractivity contribution in [3.8, 4) is 5.75 Å². The van der Waals surface area contributed by atoms with Crippen LogP contribution in [-0.4, -0.2) is 19.7 Å². The average molecular weight is 274 g/mol. The van der Waals surface area contributed by atoms with E-state index in [2.05, 4.69) is 21.2 Å². The SMILES string of the molecule is Fc1ccc(OCCC2CNC2)c(Br)c1. The smallest absolute Gasteiger partial charge is 0.133 e. The van der Waals surface area contributed by atoms with Crippen LogP contribution in [-0.2, 0) is 0 Å². The number of halogens is 2. The maximum atomic E-state index is 12.8. The van der Waals surface area contributed by atoms with E-state index in [1.807, 2.05) is 0 Å². The minimum absolute atomic E-state index is 0.252. The van der Waals surface area contributed by atoms with Gasteiger partial charge in [0.1, 0.15) is 11.6 Å². The molecule has 2 rings (SSSR count). The Hall–Kier alpha value is -0.610. The summed E-state index contributed by atoms with van der Waals surface area (Å²) in [7, 11) is 0. The van der Waals surface area contributed by atoms with Gasteiger partial charge in [-0.3, -0.25) is 0 Å². The van der Waals surface area contributed by atoms with E-state index < -0.39 is 0 Å². The molecule has 0 unspecified atom stereocenters. The third-order valence-electron chi connectivity index (χ3n) is 2.54. The molecule has 1 saturated heterocycles. The number of nitrogens with one attached hydrogen (secondary N) is 1. The van der Waals surface area contributed by atoms with Crippen molar-refractivity contribution in [3.63, 3.8) is 0 Å². The fraction of sp³-hybridized carbons (Fsp3) is 0.455. The minimum atomic E-state index is -0.252. The van der Waals surface area contributed by atoms with Crippen LogP contribution in [0.1, 0.15) is 6.42 Å². The summed E-state index contributed by atoms with van der Waals surface area (Å²) in [5, 5.41) is 3.21. The Morgan fingerprint density at radius 3 is 2.87 bits per heavy atom. The van der Waals surface area contributed by atoms with Crippen LogP contribution in [0.15, 0.2) is 22.7 Å². The molecule has 1 aliphatic rings. The Bertz CT molecular complexity index is 341. The third kappa shape index (κ3) is 2.92. The lowest BCUT2D eigenvalue weighted by atomic mass is 10.0. The van der Waals surface area contributed by atoms with Crippen molar-refractivity contribution in [2.45, 2.75) is 6.42 Å². The average Bonchev–Trinajstić information content (AvgIpc) is 2.12. The highest BCUT2D eigenvalue weighted by Gasteiger charge is 2.16. The topological polar surface area (TPSA) is 21.3 Å². The Morgan fingerprint density at radius 2 is 2.27 bits per heavy atom. The molecule has 1 aliphatic heterocycles. The lowest BCUT2D eigenvalue weighted by Gasteiger charge is -2.26. The van der Waals surface area contributed by atoms with Crippen molar-refractivity contribution in [3.05, 3.63) is 28.5 Å². The molecule has 0 amide bonds. The van der Waals surface area contributed by atoms with Crippen LogP contribution in [0.5, 0.6) is 5.75 Å². The summed E-state index contributed by atoms with van der Waals surface area (Å²) < 4.78 is 19.0. The first-order valence-corrected chi connectivity index (χ1v) is 5.83. The van der Waals surface area contributed by atoms with E-state index in [0.29, 0.717) is 16.8 Å². The highest BCUT2D eigenvalue weighted by Crippen LogP contribution is 2.25. The zero-order valence-electron chi connectivity index (χ0n) is 8.30. The maximum Gasteiger partial charge on any atom is 0.133 e. The van der Waals surface area contributed by atoms with Gasteiger partial charge in [0, 0.05) is 0 Å². The van der Waals surface area contributed by atoms with Gasteiger partial charge in [-0.2, -0.15) is 0 Å². The second-order valence-electron chi connectivity index (χ2n) is 3.74. The molecule has 0 bridgehead atoms. The second kappa shape index (κ2) is 4.94. The predicted octanol–water partition coefficient (Wildman–Crippen LogP) is 2.58. The largest absolute Gasteiger partial charge is 0.492 e. The fourth-order valence-corrected chi connectivity index (χ4v) is 1.95. The van der Waals surface area contributed by atoms with E-state index >= 15 is 0 Å². The molecule has 0 aromatic heterocycles. The number of ether oxygens (including phenoxy) is 1. The molecule has 1 heterocycles. The Kier molecular flexibility index (Phi) is 3.59. The van der Waals surface area contributed by atoms with Gasteiger partial charge in [-0.05, 0) is 59.6 Å². The predicted molar refractivity (Wildman–Crippen MR) is 60.6 cm³/mol. The number of hydrogen-bond acceptors (Lipinski definition) is 2. The van der Waals surface area contributed by atoms with E-state index in [4.69, 9.17) is 4.74 Å². The maximum absolute atomic E-state index is 12.8. The van der Waals surface area contributed by atoms with Crippen LogP contribution in [0, 0.1) is 11.7 Å². The molecule has 0 saturated carbocycles. The highest BCUT2D eigenvalue weighted by atomic mass is 79.9. The van der Waals surface area contributed by atoms with Gasteiger partial charge in [-0.25, -0.2) is 4.39 Å². The molecule has 4 heteroatoms. The van der Waals surface area contributed by atoms with E-state index in [1.165, 1.54) is 12.1 Å². The van der Waals surface area contributed by atoms with Crippen molar-refractivity contribution in [2.75, 3.05) is 19.7 Å². The first-order chi connectivity index (χ1) is 7.25. The highest BCUT2D eigenvalue weighted by molar-refractivity contribution is 9.10. The second-order valence-corrected chi connectivity index (χ2v) is 4.59. The molecule has 1 fully saturated rings. The normalized spacial score (nSPS) is 16.1. The van der Waals surface area contributed by atoms with Crippen LogP contribution in [0.2, 0.25) is 0 Å². The van der Waals surface area contributed by atoms with E-state index in [9.17, 15) is 4.39 Å². The van der Waals surface area contributed by atoms with Crippen molar-refractivity contribution in [2.24, 2.45) is 5.92 Å². The summed E-state index contributed by atoms with van der Waals surface area (Å²) in [6.07, 6.45) is 1.05. The number of hydrogen-bond donors (Lipinski definition) is 1. The summed E-state index contributed by atoms with van der Waals surface area (Å²) in [5.41, 5.74) is 0. The summed E-state index contributed by atoms with van der Waals surface area (Å²) >= 11 is 3.27. The molecular weight excluding hydrogens is 261 g/mol. The summed E-state index contributed by atoms with van der Waals surface area (Å²) in [6, 6.07) is 4.48. The van der Waals surface area contributed by atoms with Gasteiger partial charge in [-0.1, -0.05) is 0 Å². The quantitative estimate of drug-likeness (QED) is 0.911. The van der Waals surface area contributed by atoms with Gasteiger partial charge < -0.3 is 10.1 Å². The molecule has 1 aromatic rings. The zero-order valence-corrected chi connectivity index (χ0v) is 9.89. The Labute approximate surface area is 96.9 Å². The first-order valence-electron chi connectivity index (χ1n) is 5.04. The van der Waals surface area contributed by atoms with Gasteiger partial charge >= 0.3 is 0 Å². The lowest BCUT2D eigenvalue weighted by molar-refractivity contribution is 0.237. The summed E-state index contributed by atoms with van der Waals surface area (Å²) in [6.45, 7) is 2.87. The molecule has 0 atom stereocenters. The summed E-state index contributed by atoms with van der Waals surface area (Å²) in [4.78, 5) is 0. The molecule has 1 aromatic carbocycles. The molecule has 0 aliphatic carbocycles. The van der Waals surface area contributed by atoms with Crippen LogP contribution in [0.4, 0.5) is 4.39 Å². The van der Waals surface area contributed by atoms with E-state index in [-0.39, 0.29) is 5.82 Å². The van der Waals surface area contributed by atoms with E-state index in [1.54, 1.807) is 6.07 Å². The fourth-order valence-electron chi connectivity index (χ4n) is 1.48. The minimum Gasteiger partial charge on any atom is -0.492 e. The monoisotopic (exact) mass is 273 g/mol.